The summed E-state index contributed by atoms with van der Waals surface area (Å²) in [5, 5.41) is 9.04. The van der Waals surface area contributed by atoms with E-state index in [1.807, 2.05) is 0 Å². The third kappa shape index (κ3) is 3.47. The molecule has 0 radical (unpaired) electrons. The van der Waals surface area contributed by atoms with Crippen molar-refractivity contribution in [3.63, 3.8) is 0 Å². The molecule has 0 saturated carbocycles. The number of aromatic carboxylic acids is 1. The molecule has 5 nitrogen and oxygen atoms in total. The van der Waals surface area contributed by atoms with Crippen LogP contribution in [0.3, 0.4) is 0 Å². The fourth-order valence-electron chi connectivity index (χ4n) is 1.68. The van der Waals surface area contributed by atoms with Crippen molar-refractivity contribution in [1.29, 1.82) is 0 Å². The molecule has 7 heteroatoms. The van der Waals surface area contributed by atoms with Gasteiger partial charge < -0.3 is 5.11 Å². The zero-order valence-electron chi connectivity index (χ0n) is 11.5. The van der Waals surface area contributed by atoms with E-state index in [-0.39, 0.29) is 17.0 Å². The van der Waals surface area contributed by atoms with Crippen LogP contribution in [0.2, 0.25) is 0 Å². The maximum atomic E-state index is 12.5. The lowest BCUT2D eigenvalue weighted by atomic mass is 10.1. The highest BCUT2D eigenvalue weighted by molar-refractivity contribution is 9.10. The Labute approximate surface area is 127 Å². The molecule has 110 valence electrons. The van der Waals surface area contributed by atoms with Crippen molar-refractivity contribution in [2.45, 2.75) is 18.7 Å². The molecule has 20 heavy (non-hydrogen) atoms. The molecule has 0 atom stereocenters. The molecule has 0 aliphatic heterocycles. The van der Waals surface area contributed by atoms with Gasteiger partial charge in [-0.15, -0.1) is 0 Å². The largest absolute Gasteiger partial charge is 0.478 e. The van der Waals surface area contributed by atoms with Gasteiger partial charge in [0.25, 0.3) is 0 Å². The van der Waals surface area contributed by atoms with Gasteiger partial charge in [0, 0.05) is 18.1 Å². The van der Waals surface area contributed by atoms with Gasteiger partial charge in [-0.25, -0.2) is 13.2 Å². The number of carbonyl (C=O) groups is 1. The smallest absolute Gasteiger partial charge is 0.335 e. The number of aryl methyl sites for hydroxylation is 1. The molecule has 0 spiro atoms. The summed E-state index contributed by atoms with van der Waals surface area (Å²) in [6, 6.07) is 2.58. The number of halogens is 1. The van der Waals surface area contributed by atoms with Gasteiger partial charge in [0.15, 0.2) is 0 Å². The molecule has 0 fully saturated rings. The van der Waals surface area contributed by atoms with Gasteiger partial charge in [-0.2, -0.15) is 4.31 Å². The highest BCUT2D eigenvalue weighted by Crippen LogP contribution is 2.29. The SMILES string of the molecule is C=C(C)CN(C)S(=O)(=O)c1cc(C(=O)O)cc(C)c1Br. The van der Waals surface area contributed by atoms with Crippen LogP contribution >= 0.6 is 15.9 Å². The zero-order valence-corrected chi connectivity index (χ0v) is 13.9. The molecule has 0 aliphatic rings. The average Bonchev–Trinajstić information content (AvgIpc) is 2.30. The number of benzene rings is 1. The summed E-state index contributed by atoms with van der Waals surface area (Å²) in [5.41, 5.74) is 1.18. The molecule has 1 aromatic rings. The average molecular weight is 362 g/mol. The van der Waals surface area contributed by atoms with E-state index in [4.69, 9.17) is 5.11 Å². The van der Waals surface area contributed by atoms with E-state index in [1.165, 1.54) is 13.1 Å². The third-order valence-corrected chi connectivity index (χ3v) is 5.79. The molecule has 0 saturated heterocycles. The van der Waals surface area contributed by atoms with Crippen molar-refractivity contribution in [2.24, 2.45) is 0 Å². The van der Waals surface area contributed by atoms with Gasteiger partial charge in [-0.05, 0) is 47.5 Å². The van der Waals surface area contributed by atoms with Crippen LogP contribution in [0.1, 0.15) is 22.8 Å². The van der Waals surface area contributed by atoms with Crippen LogP contribution in [0.15, 0.2) is 33.7 Å². The van der Waals surface area contributed by atoms with Crippen molar-refractivity contribution >= 4 is 31.9 Å². The van der Waals surface area contributed by atoms with Crippen LogP contribution in [0.5, 0.6) is 0 Å². The first kappa shape index (κ1) is 16.9. The molecule has 0 heterocycles. The first-order valence-electron chi connectivity index (χ1n) is 5.71. The molecule has 1 rings (SSSR count). The zero-order chi connectivity index (χ0) is 15.7. The summed E-state index contributed by atoms with van der Waals surface area (Å²) in [6.45, 7) is 7.22. The van der Waals surface area contributed by atoms with Gasteiger partial charge in [-0.3, -0.25) is 0 Å². The highest BCUT2D eigenvalue weighted by Gasteiger charge is 2.25. The van der Waals surface area contributed by atoms with Crippen LogP contribution in [0.4, 0.5) is 0 Å². The summed E-state index contributed by atoms with van der Waals surface area (Å²) in [5.74, 6) is -1.17. The summed E-state index contributed by atoms with van der Waals surface area (Å²) >= 11 is 3.21. The van der Waals surface area contributed by atoms with Crippen molar-refractivity contribution in [2.75, 3.05) is 13.6 Å². The van der Waals surface area contributed by atoms with Crippen LogP contribution in [0.25, 0.3) is 0 Å². The second kappa shape index (κ2) is 6.07. The van der Waals surface area contributed by atoms with Gasteiger partial charge in [0.05, 0.1) is 10.5 Å². The maximum absolute atomic E-state index is 12.5. The number of carboxylic acid groups (broad SMARTS) is 1. The van der Waals surface area contributed by atoms with Crippen molar-refractivity contribution in [1.82, 2.24) is 4.31 Å². The Morgan fingerprint density at radius 3 is 2.45 bits per heavy atom. The standard InChI is InChI=1S/C13H16BrNO4S/c1-8(2)7-15(4)20(18,19)11-6-10(13(16)17)5-9(3)12(11)14/h5-6H,1,7H2,2-4H3,(H,16,17). The highest BCUT2D eigenvalue weighted by atomic mass is 79.9. The summed E-state index contributed by atoms with van der Waals surface area (Å²) in [4.78, 5) is 11.0. The van der Waals surface area contributed by atoms with Crippen LogP contribution in [-0.4, -0.2) is 37.4 Å². The normalized spacial score (nSPS) is 11.7. The maximum Gasteiger partial charge on any atom is 0.335 e. The van der Waals surface area contributed by atoms with E-state index in [0.717, 1.165) is 10.4 Å². The molecule has 0 aromatic heterocycles. The number of likely N-dealkylation sites (N-methyl/N-ethyl adjacent to an activating group) is 1. The number of sulfonamides is 1. The van der Waals surface area contributed by atoms with E-state index in [0.29, 0.717) is 15.6 Å². The van der Waals surface area contributed by atoms with Gasteiger partial charge in [-0.1, -0.05) is 12.2 Å². The van der Waals surface area contributed by atoms with E-state index in [2.05, 4.69) is 22.5 Å². The summed E-state index contributed by atoms with van der Waals surface area (Å²) in [7, 11) is -2.35. The Hall–Kier alpha value is -1.18. The Kier molecular flexibility index (Phi) is 5.12. The molecule has 0 aliphatic carbocycles. The van der Waals surface area contributed by atoms with Crippen LogP contribution in [0, 0.1) is 6.92 Å². The van der Waals surface area contributed by atoms with Crippen molar-refractivity contribution in [3.05, 3.63) is 39.9 Å². The second-order valence-electron chi connectivity index (χ2n) is 4.63. The quantitative estimate of drug-likeness (QED) is 0.818. The van der Waals surface area contributed by atoms with E-state index >= 15 is 0 Å². The summed E-state index contributed by atoms with van der Waals surface area (Å²) < 4.78 is 26.5. The van der Waals surface area contributed by atoms with Gasteiger partial charge in [0.2, 0.25) is 10.0 Å². The molecule has 0 unspecified atom stereocenters. The topological polar surface area (TPSA) is 74.7 Å². The molecule has 0 bridgehead atoms. The Bertz CT molecular complexity index is 667. The fourth-order valence-corrected chi connectivity index (χ4v) is 3.91. The number of hydrogen-bond donors (Lipinski definition) is 1. The van der Waals surface area contributed by atoms with Crippen molar-refractivity contribution < 1.29 is 18.3 Å². The van der Waals surface area contributed by atoms with E-state index < -0.39 is 16.0 Å². The Balaban J connectivity index is 3.45. The Morgan fingerprint density at radius 1 is 1.45 bits per heavy atom. The minimum absolute atomic E-state index is 0.0568. The molecule has 1 N–H and O–H groups in total. The molecular formula is C13H16BrNO4S. The Morgan fingerprint density at radius 2 is 2.00 bits per heavy atom. The van der Waals surface area contributed by atoms with Crippen LogP contribution < -0.4 is 0 Å². The number of carboxylic acids is 1. The van der Waals surface area contributed by atoms with E-state index in [1.54, 1.807) is 13.8 Å². The monoisotopic (exact) mass is 361 g/mol. The lowest BCUT2D eigenvalue weighted by Gasteiger charge is -2.19. The van der Waals surface area contributed by atoms with Gasteiger partial charge in [0.1, 0.15) is 0 Å². The predicted octanol–water partition coefficient (Wildman–Crippen LogP) is 2.65. The van der Waals surface area contributed by atoms with Gasteiger partial charge >= 0.3 is 5.97 Å². The second-order valence-corrected chi connectivity index (χ2v) is 7.43. The number of hydrogen-bond acceptors (Lipinski definition) is 3. The van der Waals surface area contributed by atoms with Crippen molar-refractivity contribution in [3.8, 4) is 0 Å². The number of rotatable bonds is 5. The minimum atomic E-state index is -3.78. The third-order valence-electron chi connectivity index (χ3n) is 2.65. The van der Waals surface area contributed by atoms with Crippen LogP contribution in [-0.2, 0) is 10.0 Å². The predicted molar refractivity (Wildman–Crippen MR) is 80.5 cm³/mol. The number of nitrogens with zero attached hydrogens (tertiary/aromatic N) is 1. The first-order chi connectivity index (χ1) is 9.07. The lowest BCUT2D eigenvalue weighted by molar-refractivity contribution is 0.0696. The summed E-state index contributed by atoms with van der Waals surface area (Å²) in [6.07, 6.45) is 0. The minimum Gasteiger partial charge on any atom is -0.478 e. The first-order valence-corrected chi connectivity index (χ1v) is 7.95. The van der Waals surface area contributed by atoms with E-state index in [9.17, 15) is 13.2 Å². The molecule has 1 aromatic carbocycles. The fraction of sp³-hybridized carbons (Fsp3) is 0.308. The molecular weight excluding hydrogens is 346 g/mol. The lowest BCUT2D eigenvalue weighted by Crippen LogP contribution is -2.29. The molecule has 0 amide bonds.